The molecule has 0 radical (unpaired) electrons. The molecule has 1 aliphatic rings. The first-order valence-electron chi connectivity index (χ1n) is 3.56. The molecule has 4 atom stereocenters. The molecule has 1 fully saturated rings. The summed E-state index contributed by atoms with van der Waals surface area (Å²) >= 11 is 0. The largest absolute Gasteiger partial charge is 0.394 e. The van der Waals surface area contributed by atoms with Crippen molar-refractivity contribution in [2.24, 2.45) is 0 Å². The number of aliphatic hydroxyl groups excluding tert-OH is 4. The maximum atomic E-state index is 9.12. The van der Waals surface area contributed by atoms with Crippen molar-refractivity contribution >= 4 is 0 Å². The number of ether oxygens (including phenoxy) is 1. The maximum absolute atomic E-state index is 9.12. The van der Waals surface area contributed by atoms with Gasteiger partial charge in [0.15, 0.2) is 6.29 Å². The van der Waals surface area contributed by atoms with E-state index in [1.165, 1.54) is 0 Å². The summed E-state index contributed by atoms with van der Waals surface area (Å²) in [6.45, 7) is -0.471. The third-order valence-electron chi connectivity index (χ3n) is 1.87. The van der Waals surface area contributed by atoms with Crippen molar-refractivity contribution in [3.63, 3.8) is 0 Å². The van der Waals surface area contributed by atoms with E-state index in [2.05, 4.69) is 0 Å². The Balaban J connectivity index is 2.60. The summed E-state index contributed by atoms with van der Waals surface area (Å²) in [5.74, 6) is 0. The Bertz CT molecular complexity index is 149. The van der Waals surface area contributed by atoms with Crippen molar-refractivity contribution < 1.29 is 30.3 Å². The predicted molar refractivity (Wildman–Crippen MR) is 36.0 cm³/mol. The molecule has 0 aromatic rings. The molecule has 1 heterocycles. The van der Waals surface area contributed by atoms with Gasteiger partial charge in [-0.25, -0.2) is 0 Å². The van der Waals surface area contributed by atoms with E-state index in [1.54, 1.807) is 0 Å². The summed E-state index contributed by atoms with van der Waals surface area (Å²) in [5.41, 5.74) is 0. The molecule has 6 nitrogen and oxygen atoms in total. The molecule has 6 heteroatoms. The van der Waals surface area contributed by atoms with Crippen LogP contribution in [0.1, 0.15) is 0 Å². The van der Waals surface area contributed by atoms with Gasteiger partial charge in [0.05, 0.1) is 6.61 Å². The van der Waals surface area contributed by atoms with Crippen LogP contribution in [0, 0.1) is 0 Å². The van der Waals surface area contributed by atoms with Crippen LogP contribution in [0.25, 0.3) is 0 Å². The van der Waals surface area contributed by atoms with Crippen LogP contribution in [-0.4, -0.2) is 62.8 Å². The van der Waals surface area contributed by atoms with Gasteiger partial charge in [-0.15, -0.1) is 0 Å². The lowest BCUT2D eigenvalue weighted by molar-refractivity contribution is -0.162. The van der Waals surface area contributed by atoms with Crippen molar-refractivity contribution in [3.05, 3.63) is 0 Å². The van der Waals surface area contributed by atoms with Gasteiger partial charge in [0.1, 0.15) is 24.4 Å². The number of aliphatic hydroxyl groups is 5. The van der Waals surface area contributed by atoms with Crippen LogP contribution in [0.2, 0.25) is 0 Å². The highest BCUT2D eigenvalue weighted by Gasteiger charge is 2.45. The number of rotatable bonds is 2. The molecule has 1 saturated heterocycles. The van der Waals surface area contributed by atoms with E-state index < -0.39 is 37.3 Å². The quantitative estimate of drug-likeness (QED) is 0.286. The predicted octanol–water partition coefficient (Wildman–Crippen LogP) is -3.22. The highest BCUT2D eigenvalue weighted by molar-refractivity contribution is 4.90. The summed E-state index contributed by atoms with van der Waals surface area (Å²) in [4.78, 5) is 0. The van der Waals surface area contributed by atoms with Gasteiger partial charge in [-0.05, 0) is 0 Å². The summed E-state index contributed by atoms with van der Waals surface area (Å²) < 4.78 is 4.75. The molecule has 0 saturated carbocycles. The smallest absolute Gasteiger partial charge is 0.181 e. The molecule has 0 aromatic heterocycles. The van der Waals surface area contributed by atoms with Crippen LogP contribution < -0.4 is 0 Å². The SMILES string of the molecule is OCC1OC(C(O)O)C(O)C1O. The zero-order valence-electron chi connectivity index (χ0n) is 6.24. The Morgan fingerprint density at radius 3 is 2.00 bits per heavy atom. The first kappa shape index (κ1) is 9.85. The fourth-order valence-electron chi connectivity index (χ4n) is 1.17. The standard InChI is InChI=1S/C6H12O6/c7-1-2-3(8)4(9)5(12-2)6(10)11/h2-11H,1H2. The normalized spacial score (nSPS) is 42.5. The van der Waals surface area contributed by atoms with Crippen molar-refractivity contribution in [1.29, 1.82) is 0 Å². The molecule has 0 spiro atoms. The lowest BCUT2D eigenvalue weighted by Gasteiger charge is -2.15. The van der Waals surface area contributed by atoms with Crippen LogP contribution in [-0.2, 0) is 4.74 Å². The molecular formula is C6H12O6. The second-order valence-electron chi connectivity index (χ2n) is 2.72. The highest BCUT2D eigenvalue weighted by atomic mass is 16.6. The first-order valence-corrected chi connectivity index (χ1v) is 3.56. The summed E-state index contributed by atoms with van der Waals surface area (Å²) in [5, 5.41) is 44.1. The molecule has 72 valence electrons. The van der Waals surface area contributed by atoms with Crippen molar-refractivity contribution in [3.8, 4) is 0 Å². The highest BCUT2D eigenvalue weighted by Crippen LogP contribution is 2.22. The van der Waals surface area contributed by atoms with Gasteiger partial charge in [-0.1, -0.05) is 0 Å². The van der Waals surface area contributed by atoms with Gasteiger partial charge in [0.25, 0.3) is 0 Å². The van der Waals surface area contributed by atoms with Gasteiger partial charge in [-0.3, -0.25) is 0 Å². The minimum atomic E-state index is -1.86. The van der Waals surface area contributed by atoms with E-state index in [9.17, 15) is 0 Å². The summed E-state index contributed by atoms with van der Waals surface area (Å²) in [7, 11) is 0. The fraction of sp³-hybridized carbons (Fsp3) is 1.00. The Hall–Kier alpha value is -0.240. The van der Waals surface area contributed by atoms with E-state index in [0.29, 0.717) is 0 Å². The minimum Gasteiger partial charge on any atom is -0.394 e. The zero-order valence-corrected chi connectivity index (χ0v) is 6.24. The van der Waals surface area contributed by atoms with Gasteiger partial charge in [-0.2, -0.15) is 0 Å². The lowest BCUT2D eigenvalue weighted by atomic mass is 10.1. The molecular weight excluding hydrogens is 168 g/mol. The van der Waals surface area contributed by atoms with E-state index >= 15 is 0 Å². The van der Waals surface area contributed by atoms with Crippen LogP contribution >= 0.6 is 0 Å². The van der Waals surface area contributed by atoms with Gasteiger partial charge in [0, 0.05) is 0 Å². The molecule has 5 N–H and O–H groups in total. The topological polar surface area (TPSA) is 110 Å². The molecule has 0 bridgehead atoms. The second kappa shape index (κ2) is 3.65. The molecule has 0 aromatic carbocycles. The van der Waals surface area contributed by atoms with Crippen LogP contribution in [0.3, 0.4) is 0 Å². The van der Waals surface area contributed by atoms with Gasteiger partial charge < -0.3 is 30.3 Å². The number of hydrogen-bond acceptors (Lipinski definition) is 6. The Labute approximate surface area is 68.6 Å². The van der Waals surface area contributed by atoms with Crippen LogP contribution in [0.4, 0.5) is 0 Å². The third-order valence-corrected chi connectivity index (χ3v) is 1.87. The molecule has 0 amide bonds. The monoisotopic (exact) mass is 180 g/mol. The number of hydrogen-bond donors (Lipinski definition) is 5. The Kier molecular flexibility index (Phi) is 2.99. The van der Waals surface area contributed by atoms with E-state index in [-0.39, 0.29) is 0 Å². The minimum absolute atomic E-state index is 0.471. The average Bonchev–Trinajstić information content (AvgIpc) is 2.30. The van der Waals surface area contributed by atoms with Gasteiger partial charge in [0.2, 0.25) is 0 Å². The van der Waals surface area contributed by atoms with Crippen LogP contribution in [0.15, 0.2) is 0 Å². The first-order chi connectivity index (χ1) is 5.57. The molecule has 12 heavy (non-hydrogen) atoms. The lowest BCUT2D eigenvalue weighted by Crippen LogP contribution is -2.38. The van der Waals surface area contributed by atoms with Crippen LogP contribution in [0.5, 0.6) is 0 Å². The Morgan fingerprint density at radius 1 is 1.17 bits per heavy atom. The van der Waals surface area contributed by atoms with E-state index in [4.69, 9.17) is 30.3 Å². The summed E-state index contributed by atoms with van der Waals surface area (Å²) in [6.07, 6.45) is -6.71. The van der Waals surface area contributed by atoms with E-state index in [0.717, 1.165) is 0 Å². The molecule has 0 aliphatic carbocycles. The van der Waals surface area contributed by atoms with Crippen molar-refractivity contribution in [1.82, 2.24) is 0 Å². The van der Waals surface area contributed by atoms with E-state index in [1.807, 2.05) is 0 Å². The van der Waals surface area contributed by atoms with Crippen molar-refractivity contribution in [2.75, 3.05) is 6.61 Å². The Morgan fingerprint density at radius 2 is 1.75 bits per heavy atom. The molecule has 1 rings (SSSR count). The fourth-order valence-corrected chi connectivity index (χ4v) is 1.17. The van der Waals surface area contributed by atoms with Gasteiger partial charge >= 0.3 is 0 Å². The maximum Gasteiger partial charge on any atom is 0.181 e. The van der Waals surface area contributed by atoms with Crippen molar-refractivity contribution in [2.45, 2.75) is 30.7 Å². The molecule has 4 unspecified atom stereocenters. The third kappa shape index (κ3) is 1.58. The summed E-state index contributed by atoms with van der Waals surface area (Å²) in [6, 6.07) is 0. The molecule has 1 aliphatic heterocycles. The average molecular weight is 180 g/mol. The second-order valence-corrected chi connectivity index (χ2v) is 2.72. The zero-order chi connectivity index (χ0) is 9.30.